The lowest BCUT2D eigenvalue weighted by Crippen LogP contribution is -2.16. The Kier molecular flexibility index (Phi) is 4.50. The Morgan fingerprint density at radius 1 is 1.35 bits per heavy atom. The third-order valence-electron chi connectivity index (χ3n) is 4.32. The molecule has 0 saturated heterocycles. The van der Waals surface area contributed by atoms with E-state index >= 15 is 0 Å². The van der Waals surface area contributed by atoms with Crippen LogP contribution in [0.4, 0.5) is 0 Å². The van der Waals surface area contributed by atoms with Gasteiger partial charge in [0.1, 0.15) is 11.5 Å². The Bertz CT molecular complexity index is 998. The molecule has 2 aromatic heterocycles. The van der Waals surface area contributed by atoms with Crippen LogP contribution in [0.25, 0.3) is 22.9 Å². The molecule has 1 N–H and O–H groups in total. The Hall–Kier alpha value is -2.61. The smallest absolute Gasteiger partial charge is 0.240 e. The second-order valence-electron chi connectivity index (χ2n) is 6.08. The van der Waals surface area contributed by atoms with Crippen LogP contribution in [0.2, 0.25) is 0 Å². The van der Waals surface area contributed by atoms with Crippen LogP contribution in [0, 0.1) is 6.92 Å². The molecule has 0 fully saturated rings. The first kappa shape index (κ1) is 16.8. The quantitative estimate of drug-likeness (QED) is 0.686. The monoisotopic (exact) mass is 370 g/mol. The average Bonchev–Trinajstić information content (AvgIpc) is 3.18. The predicted molar refractivity (Wildman–Crippen MR) is 98.3 cm³/mol. The van der Waals surface area contributed by atoms with E-state index in [0.717, 1.165) is 29.1 Å². The minimum Gasteiger partial charge on any atom is -0.494 e. The number of hydrogen-bond acceptors (Lipinski definition) is 7. The summed E-state index contributed by atoms with van der Waals surface area (Å²) in [6, 6.07) is 5.87. The molecule has 1 aromatic carbocycles. The molecule has 1 aliphatic heterocycles. The number of nitrogens with one attached hydrogen (secondary N) is 1. The van der Waals surface area contributed by atoms with E-state index in [0.29, 0.717) is 35.0 Å². The second-order valence-corrected chi connectivity index (χ2v) is 7.09. The standard InChI is InChI=1S/C18H18N4O3S/c1-3-4-7-24-11-5-6-12-14(8-11)26-9-13-15(23)10(2)16(25-17(12)13)18-19-21-22-20-18/h5-6,8H,3-4,7,9H2,1-2H3,(H,19,20,21,22). The third-order valence-corrected chi connectivity index (χ3v) is 5.40. The predicted octanol–water partition coefficient (Wildman–Crippen LogP) is 3.58. The number of hydrogen-bond donors (Lipinski definition) is 1. The van der Waals surface area contributed by atoms with E-state index in [-0.39, 0.29) is 11.3 Å². The summed E-state index contributed by atoms with van der Waals surface area (Å²) in [6.45, 7) is 4.56. The molecule has 0 spiro atoms. The van der Waals surface area contributed by atoms with Gasteiger partial charge in [-0.05, 0) is 36.8 Å². The number of thioether (sulfide) groups is 1. The highest BCUT2D eigenvalue weighted by molar-refractivity contribution is 7.98. The van der Waals surface area contributed by atoms with Crippen molar-refractivity contribution in [3.05, 3.63) is 39.5 Å². The molecule has 8 heteroatoms. The van der Waals surface area contributed by atoms with Crippen LogP contribution in [0.3, 0.4) is 0 Å². The van der Waals surface area contributed by atoms with Crippen LogP contribution in [0.5, 0.6) is 5.75 Å². The highest BCUT2D eigenvalue weighted by Gasteiger charge is 2.26. The molecule has 3 heterocycles. The van der Waals surface area contributed by atoms with Crippen molar-refractivity contribution in [2.75, 3.05) is 6.61 Å². The van der Waals surface area contributed by atoms with Crippen molar-refractivity contribution >= 4 is 11.8 Å². The topological polar surface area (TPSA) is 93.9 Å². The maximum atomic E-state index is 12.8. The number of aromatic nitrogens is 4. The van der Waals surface area contributed by atoms with Gasteiger partial charge in [0, 0.05) is 21.8 Å². The Labute approximate surface area is 154 Å². The zero-order chi connectivity index (χ0) is 18.1. The van der Waals surface area contributed by atoms with Gasteiger partial charge >= 0.3 is 0 Å². The van der Waals surface area contributed by atoms with Crippen LogP contribution in [-0.2, 0) is 5.75 Å². The summed E-state index contributed by atoms with van der Waals surface area (Å²) in [7, 11) is 0. The summed E-state index contributed by atoms with van der Waals surface area (Å²) in [5.41, 5.74) is 2.02. The van der Waals surface area contributed by atoms with Crippen molar-refractivity contribution in [3.8, 4) is 28.7 Å². The molecule has 4 rings (SSSR count). The molecule has 0 saturated carbocycles. The molecule has 0 amide bonds. The number of rotatable bonds is 5. The van der Waals surface area contributed by atoms with Crippen LogP contribution in [-0.4, -0.2) is 27.2 Å². The van der Waals surface area contributed by atoms with E-state index in [1.54, 1.807) is 18.7 Å². The highest BCUT2D eigenvalue weighted by Crippen LogP contribution is 2.43. The van der Waals surface area contributed by atoms with E-state index in [2.05, 4.69) is 27.5 Å². The summed E-state index contributed by atoms with van der Waals surface area (Å²) in [5.74, 6) is 2.61. The summed E-state index contributed by atoms with van der Waals surface area (Å²) in [6.07, 6.45) is 2.12. The number of tetrazole rings is 1. The Balaban J connectivity index is 1.78. The molecule has 0 atom stereocenters. The normalized spacial score (nSPS) is 12.5. The van der Waals surface area contributed by atoms with Gasteiger partial charge in [0.05, 0.1) is 12.2 Å². The molecule has 0 bridgehead atoms. The SMILES string of the molecule is CCCCOc1ccc2c(c1)SCc1c-2oc(-c2nn[nH]n2)c(C)c1=O. The van der Waals surface area contributed by atoms with Gasteiger partial charge in [-0.2, -0.15) is 5.21 Å². The average molecular weight is 370 g/mol. The fraction of sp³-hybridized carbons (Fsp3) is 0.333. The van der Waals surface area contributed by atoms with Crippen molar-refractivity contribution in [1.29, 1.82) is 0 Å². The molecular formula is C18H18N4O3S. The van der Waals surface area contributed by atoms with Crippen LogP contribution >= 0.6 is 11.8 Å². The Morgan fingerprint density at radius 2 is 2.23 bits per heavy atom. The first-order valence-corrected chi connectivity index (χ1v) is 9.48. The van der Waals surface area contributed by atoms with Crippen LogP contribution < -0.4 is 10.2 Å². The van der Waals surface area contributed by atoms with Crippen molar-refractivity contribution < 1.29 is 9.15 Å². The molecule has 0 aliphatic carbocycles. The second kappa shape index (κ2) is 6.95. The zero-order valence-corrected chi connectivity index (χ0v) is 15.4. The van der Waals surface area contributed by atoms with Gasteiger partial charge in [-0.1, -0.05) is 13.3 Å². The van der Waals surface area contributed by atoms with Crippen molar-refractivity contribution in [2.24, 2.45) is 0 Å². The molecule has 26 heavy (non-hydrogen) atoms. The number of fused-ring (bicyclic) bond motifs is 3. The van der Waals surface area contributed by atoms with Gasteiger partial charge in [-0.3, -0.25) is 4.79 Å². The molecule has 0 radical (unpaired) electrons. The van der Waals surface area contributed by atoms with E-state index in [1.165, 1.54) is 0 Å². The first-order chi connectivity index (χ1) is 12.7. The maximum absolute atomic E-state index is 12.8. The number of benzene rings is 1. The number of unbranched alkanes of at least 4 members (excludes halogenated alkanes) is 1. The molecular weight excluding hydrogens is 352 g/mol. The van der Waals surface area contributed by atoms with Crippen molar-refractivity contribution in [2.45, 2.75) is 37.3 Å². The lowest BCUT2D eigenvalue weighted by atomic mass is 10.0. The van der Waals surface area contributed by atoms with E-state index in [9.17, 15) is 4.79 Å². The first-order valence-electron chi connectivity index (χ1n) is 8.49. The lowest BCUT2D eigenvalue weighted by Gasteiger charge is -2.19. The van der Waals surface area contributed by atoms with Gasteiger partial charge < -0.3 is 9.15 Å². The lowest BCUT2D eigenvalue weighted by molar-refractivity contribution is 0.308. The zero-order valence-electron chi connectivity index (χ0n) is 14.5. The largest absolute Gasteiger partial charge is 0.494 e. The number of H-pyrrole nitrogens is 1. The van der Waals surface area contributed by atoms with Crippen LogP contribution in [0.15, 0.2) is 32.3 Å². The highest BCUT2D eigenvalue weighted by atomic mass is 32.2. The summed E-state index contributed by atoms with van der Waals surface area (Å²) >= 11 is 1.62. The third kappa shape index (κ3) is 2.90. The van der Waals surface area contributed by atoms with Gasteiger partial charge in [0.25, 0.3) is 0 Å². The van der Waals surface area contributed by atoms with Gasteiger partial charge in [0.2, 0.25) is 5.82 Å². The number of ether oxygens (including phenoxy) is 1. The molecule has 0 unspecified atom stereocenters. The summed E-state index contributed by atoms with van der Waals surface area (Å²) in [4.78, 5) is 13.8. The molecule has 1 aliphatic rings. The molecule has 134 valence electrons. The fourth-order valence-electron chi connectivity index (χ4n) is 2.88. The number of aromatic amines is 1. The van der Waals surface area contributed by atoms with Crippen molar-refractivity contribution in [1.82, 2.24) is 20.6 Å². The van der Waals surface area contributed by atoms with Gasteiger partial charge in [-0.15, -0.1) is 22.0 Å². The van der Waals surface area contributed by atoms with Crippen LogP contribution in [0.1, 0.15) is 30.9 Å². The van der Waals surface area contributed by atoms with E-state index in [1.807, 2.05) is 18.2 Å². The fourth-order valence-corrected chi connectivity index (χ4v) is 3.95. The maximum Gasteiger partial charge on any atom is 0.240 e. The van der Waals surface area contributed by atoms with E-state index < -0.39 is 0 Å². The van der Waals surface area contributed by atoms with E-state index in [4.69, 9.17) is 9.15 Å². The van der Waals surface area contributed by atoms with Crippen molar-refractivity contribution in [3.63, 3.8) is 0 Å². The van der Waals surface area contributed by atoms with Gasteiger partial charge in [0.15, 0.2) is 11.2 Å². The minimum atomic E-state index is -0.0347. The Morgan fingerprint density at radius 3 is 3.00 bits per heavy atom. The number of nitrogens with zero attached hydrogens (tertiary/aromatic N) is 3. The molecule has 3 aromatic rings. The minimum absolute atomic E-state index is 0.0347. The molecule has 7 nitrogen and oxygen atoms in total. The summed E-state index contributed by atoms with van der Waals surface area (Å²) in [5, 5.41) is 13.8. The van der Waals surface area contributed by atoms with Gasteiger partial charge in [-0.25, -0.2) is 0 Å². The summed E-state index contributed by atoms with van der Waals surface area (Å²) < 4.78 is 11.9.